The largest absolute Gasteiger partial charge is 0.312 e. The molecule has 2 rings (SSSR count). The number of halogens is 2. The fourth-order valence-electron chi connectivity index (χ4n) is 2.77. The quantitative estimate of drug-likeness (QED) is 0.858. The molecule has 1 aliphatic rings. The number of benzene rings is 1. The first kappa shape index (κ1) is 13.5. The summed E-state index contributed by atoms with van der Waals surface area (Å²) in [5.41, 5.74) is 0.415. The zero-order valence-electron chi connectivity index (χ0n) is 10.9. The second-order valence-electron chi connectivity index (χ2n) is 5.37. The Hall–Kier alpha value is -0.960. The summed E-state index contributed by atoms with van der Waals surface area (Å²) >= 11 is 0. The molecular formula is C15H21F2N. The number of rotatable bonds is 4. The molecule has 0 aromatic heterocycles. The molecule has 1 saturated carbocycles. The SMILES string of the molecule is CC1CCCCC1CNCc1cccc(F)c1F. The second kappa shape index (κ2) is 6.28. The highest BCUT2D eigenvalue weighted by molar-refractivity contribution is 5.18. The van der Waals surface area contributed by atoms with Gasteiger partial charge in [0.15, 0.2) is 11.6 Å². The van der Waals surface area contributed by atoms with Crippen LogP contribution in [0.25, 0.3) is 0 Å². The number of nitrogens with one attached hydrogen (secondary N) is 1. The molecule has 0 spiro atoms. The highest BCUT2D eigenvalue weighted by Crippen LogP contribution is 2.28. The maximum atomic E-state index is 13.4. The average Bonchev–Trinajstić information content (AvgIpc) is 2.37. The first-order valence-corrected chi connectivity index (χ1v) is 6.82. The summed E-state index contributed by atoms with van der Waals surface area (Å²) in [6.45, 7) is 3.60. The van der Waals surface area contributed by atoms with Gasteiger partial charge in [-0.1, -0.05) is 38.3 Å². The number of hydrogen-bond acceptors (Lipinski definition) is 1. The minimum Gasteiger partial charge on any atom is -0.312 e. The van der Waals surface area contributed by atoms with E-state index in [-0.39, 0.29) is 0 Å². The second-order valence-corrected chi connectivity index (χ2v) is 5.37. The summed E-state index contributed by atoms with van der Waals surface area (Å²) in [6, 6.07) is 4.34. The van der Waals surface area contributed by atoms with E-state index in [1.165, 1.54) is 25.7 Å². The van der Waals surface area contributed by atoms with Gasteiger partial charge in [0, 0.05) is 12.1 Å². The van der Waals surface area contributed by atoms with Gasteiger partial charge in [0.1, 0.15) is 0 Å². The molecule has 0 amide bonds. The summed E-state index contributed by atoms with van der Waals surface area (Å²) in [4.78, 5) is 0. The van der Waals surface area contributed by atoms with Gasteiger partial charge in [-0.3, -0.25) is 0 Å². The molecule has 1 N–H and O–H groups in total. The molecule has 3 heteroatoms. The van der Waals surface area contributed by atoms with Crippen molar-refractivity contribution in [2.24, 2.45) is 11.8 Å². The molecule has 1 nitrogen and oxygen atoms in total. The number of hydrogen-bond donors (Lipinski definition) is 1. The van der Waals surface area contributed by atoms with Gasteiger partial charge in [-0.25, -0.2) is 8.78 Å². The lowest BCUT2D eigenvalue weighted by molar-refractivity contribution is 0.247. The van der Waals surface area contributed by atoms with Crippen LogP contribution in [0.3, 0.4) is 0 Å². The summed E-state index contributed by atoms with van der Waals surface area (Å²) in [5, 5.41) is 3.26. The Labute approximate surface area is 108 Å². The van der Waals surface area contributed by atoms with Crippen LogP contribution in [0.15, 0.2) is 18.2 Å². The highest BCUT2D eigenvalue weighted by atomic mass is 19.2. The first-order chi connectivity index (χ1) is 8.68. The minimum absolute atomic E-state index is 0.410. The van der Waals surface area contributed by atoms with Crippen molar-refractivity contribution in [3.05, 3.63) is 35.4 Å². The maximum Gasteiger partial charge on any atom is 0.163 e. The van der Waals surface area contributed by atoms with Gasteiger partial charge in [0.25, 0.3) is 0 Å². The molecule has 100 valence electrons. The van der Waals surface area contributed by atoms with Crippen LogP contribution in [-0.2, 0) is 6.54 Å². The van der Waals surface area contributed by atoms with E-state index in [1.807, 2.05) is 0 Å². The lowest BCUT2D eigenvalue weighted by Crippen LogP contribution is -2.29. The summed E-state index contributed by atoms with van der Waals surface area (Å²) in [6.07, 6.45) is 5.17. The summed E-state index contributed by atoms with van der Waals surface area (Å²) in [5.74, 6) is -0.0685. The topological polar surface area (TPSA) is 12.0 Å². The third-order valence-corrected chi connectivity index (χ3v) is 4.04. The molecular weight excluding hydrogens is 232 g/mol. The van der Waals surface area contributed by atoms with Crippen molar-refractivity contribution in [1.82, 2.24) is 5.32 Å². The average molecular weight is 253 g/mol. The van der Waals surface area contributed by atoms with E-state index in [9.17, 15) is 8.78 Å². The lowest BCUT2D eigenvalue weighted by atomic mass is 9.80. The molecule has 1 fully saturated rings. The lowest BCUT2D eigenvalue weighted by Gasteiger charge is -2.28. The van der Waals surface area contributed by atoms with E-state index in [0.29, 0.717) is 18.0 Å². The van der Waals surface area contributed by atoms with Crippen molar-refractivity contribution in [1.29, 1.82) is 0 Å². The minimum atomic E-state index is -0.764. The van der Waals surface area contributed by atoms with Gasteiger partial charge < -0.3 is 5.32 Å². The first-order valence-electron chi connectivity index (χ1n) is 6.82. The maximum absolute atomic E-state index is 13.4. The Kier molecular flexibility index (Phi) is 4.70. The van der Waals surface area contributed by atoms with Crippen LogP contribution in [0.1, 0.15) is 38.2 Å². The predicted octanol–water partition coefficient (Wildman–Crippen LogP) is 3.88. The predicted molar refractivity (Wildman–Crippen MR) is 69.2 cm³/mol. The fraction of sp³-hybridized carbons (Fsp3) is 0.600. The monoisotopic (exact) mass is 253 g/mol. The van der Waals surface area contributed by atoms with Crippen LogP contribution < -0.4 is 5.32 Å². The van der Waals surface area contributed by atoms with Crippen molar-refractivity contribution in [3.63, 3.8) is 0 Å². The van der Waals surface area contributed by atoms with Crippen LogP contribution >= 0.6 is 0 Å². The van der Waals surface area contributed by atoms with E-state index in [1.54, 1.807) is 12.1 Å². The molecule has 2 unspecified atom stereocenters. The normalized spacial score (nSPS) is 24.2. The molecule has 0 saturated heterocycles. The molecule has 18 heavy (non-hydrogen) atoms. The Morgan fingerprint density at radius 2 is 2.00 bits per heavy atom. The molecule has 1 aliphatic carbocycles. The smallest absolute Gasteiger partial charge is 0.163 e. The Morgan fingerprint density at radius 3 is 2.78 bits per heavy atom. The Bertz CT molecular complexity index is 392. The summed E-state index contributed by atoms with van der Waals surface area (Å²) < 4.78 is 26.4. The van der Waals surface area contributed by atoms with Crippen molar-refractivity contribution in [2.45, 2.75) is 39.2 Å². The molecule has 0 heterocycles. The van der Waals surface area contributed by atoms with Gasteiger partial charge in [0.05, 0.1) is 0 Å². The molecule has 0 bridgehead atoms. The molecule has 0 radical (unpaired) electrons. The van der Waals surface area contributed by atoms with E-state index >= 15 is 0 Å². The summed E-state index contributed by atoms with van der Waals surface area (Å²) in [7, 11) is 0. The standard InChI is InChI=1S/C15H21F2N/c1-11-5-2-3-6-12(11)9-18-10-13-7-4-8-14(16)15(13)17/h4,7-8,11-12,18H,2-3,5-6,9-10H2,1H3. The van der Waals surface area contributed by atoms with Gasteiger partial charge in [-0.2, -0.15) is 0 Å². The molecule has 1 aromatic carbocycles. The third-order valence-electron chi connectivity index (χ3n) is 4.04. The zero-order valence-corrected chi connectivity index (χ0v) is 10.9. The Morgan fingerprint density at radius 1 is 1.22 bits per heavy atom. The molecule has 1 aromatic rings. The van der Waals surface area contributed by atoms with Crippen LogP contribution in [0.5, 0.6) is 0 Å². The van der Waals surface area contributed by atoms with Crippen molar-refractivity contribution in [3.8, 4) is 0 Å². The van der Waals surface area contributed by atoms with Gasteiger partial charge >= 0.3 is 0 Å². The Balaban J connectivity index is 1.83. The third kappa shape index (κ3) is 3.29. The van der Waals surface area contributed by atoms with Crippen LogP contribution in [0.4, 0.5) is 8.78 Å². The van der Waals surface area contributed by atoms with Gasteiger partial charge in [0.2, 0.25) is 0 Å². The van der Waals surface area contributed by atoms with E-state index < -0.39 is 11.6 Å². The van der Waals surface area contributed by atoms with Crippen molar-refractivity contribution >= 4 is 0 Å². The zero-order chi connectivity index (χ0) is 13.0. The van der Waals surface area contributed by atoms with E-state index in [0.717, 1.165) is 18.5 Å². The molecule has 2 atom stereocenters. The molecule has 0 aliphatic heterocycles. The van der Waals surface area contributed by atoms with E-state index in [4.69, 9.17) is 0 Å². The van der Waals surface area contributed by atoms with Crippen LogP contribution in [-0.4, -0.2) is 6.54 Å². The highest BCUT2D eigenvalue weighted by Gasteiger charge is 2.20. The van der Waals surface area contributed by atoms with E-state index in [2.05, 4.69) is 12.2 Å². The van der Waals surface area contributed by atoms with Crippen LogP contribution in [0, 0.1) is 23.5 Å². The van der Waals surface area contributed by atoms with Gasteiger partial charge in [-0.15, -0.1) is 0 Å². The van der Waals surface area contributed by atoms with Crippen molar-refractivity contribution in [2.75, 3.05) is 6.54 Å². The van der Waals surface area contributed by atoms with Crippen LogP contribution in [0.2, 0.25) is 0 Å². The fourth-order valence-corrected chi connectivity index (χ4v) is 2.77. The van der Waals surface area contributed by atoms with Crippen molar-refractivity contribution < 1.29 is 8.78 Å². The van der Waals surface area contributed by atoms with Gasteiger partial charge in [-0.05, 0) is 30.9 Å².